The quantitative estimate of drug-likeness (QED) is 0.0703. The smallest absolute Gasteiger partial charge is 0.0789 e. The Balaban J connectivity index is 3.55. The molecule has 0 bridgehead atoms. The maximum absolute atomic E-state index is 10.1. The fraction of sp³-hybridized carbons (Fsp3) is 1.00. The number of nitrogens with zero attached hydrogens (tertiary/aromatic N) is 1. The van der Waals surface area contributed by atoms with E-state index in [1.54, 1.807) is 0 Å². The first-order valence-electron chi connectivity index (χ1n) is 19.8. The van der Waals surface area contributed by atoms with Crippen molar-refractivity contribution in [3.8, 4) is 0 Å². The van der Waals surface area contributed by atoms with Crippen LogP contribution in [0.4, 0.5) is 0 Å². The van der Waals surface area contributed by atoms with E-state index in [1.165, 1.54) is 205 Å². The molecule has 3 N–H and O–H groups in total. The Kier molecular flexibility index (Phi) is 37.0. The third-order valence-electron chi connectivity index (χ3n) is 9.40. The predicted octanol–water partition coefficient (Wildman–Crippen LogP) is 12.1. The van der Waals surface area contributed by atoms with Crippen LogP contribution >= 0.6 is 0 Å². The lowest BCUT2D eigenvalue weighted by atomic mass is 10.0. The summed E-state index contributed by atoms with van der Waals surface area (Å²) in [5.74, 6) is 0. The Labute approximate surface area is 267 Å². The third kappa shape index (κ3) is 34.4. The highest BCUT2D eigenvalue weighted by Gasteiger charge is 2.10. The molecule has 1 unspecified atom stereocenters. The molecule has 254 valence electrons. The maximum Gasteiger partial charge on any atom is 0.0789 e. The van der Waals surface area contributed by atoms with Crippen molar-refractivity contribution in [3.63, 3.8) is 0 Å². The van der Waals surface area contributed by atoms with E-state index in [4.69, 9.17) is 5.73 Å². The van der Waals surface area contributed by atoms with Crippen LogP contribution in [0, 0.1) is 0 Å². The molecule has 0 rings (SSSR count). The van der Waals surface area contributed by atoms with Gasteiger partial charge in [0.15, 0.2) is 0 Å². The molecule has 0 radical (unpaired) electrons. The van der Waals surface area contributed by atoms with Gasteiger partial charge in [-0.2, -0.15) is 0 Å². The molecule has 0 saturated carbocycles. The van der Waals surface area contributed by atoms with E-state index in [-0.39, 0.29) is 6.10 Å². The van der Waals surface area contributed by atoms with Crippen LogP contribution in [-0.4, -0.2) is 42.3 Å². The number of aliphatic hydroxyl groups is 1. The van der Waals surface area contributed by atoms with Gasteiger partial charge in [0.25, 0.3) is 0 Å². The van der Waals surface area contributed by atoms with Crippen LogP contribution in [-0.2, 0) is 0 Å². The van der Waals surface area contributed by atoms with E-state index in [9.17, 15) is 5.11 Å². The molecule has 0 amide bonds. The molecule has 0 aromatic heterocycles. The van der Waals surface area contributed by atoms with Gasteiger partial charge < -0.3 is 15.7 Å². The molecule has 1 atom stereocenters. The average Bonchev–Trinajstić information content (AvgIpc) is 3.00. The second-order valence-corrected chi connectivity index (χ2v) is 13.8. The van der Waals surface area contributed by atoms with Gasteiger partial charge in [-0.25, -0.2) is 0 Å². The summed E-state index contributed by atoms with van der Waals surface area (Å²) in [6.45, 7) is 8.01. The molecular weight excluding hydrogens is 512 g/mol. The molecule has 0 fully saturated rings. The summed E-state index contributed by atoms with van der Waals surface area (Å²) in [6, 6.07) is 0. The molecule has 0 aromatic rings. The lowest BCUT2D eigenvalue weighted by Crippen LogP contribution is -2.37. The zero-order valence-electron chi connectivity index (χ0n) is 29.5. The summed E-state index contributed by atoms with van der Waals surface area (Å²) in [7, 11) is 0. The van der Waals surface area contributed by atoms with Gasteiger partial charge in [0, 0.05) is 13.1 Å². The molecule has 0 aromatic carbocycles. The van der Waals surface area contributed by atoms with Gasteiger partial charge in [0.1, 0.15) is 0 Å². The molecule has 3 heteroatoms. The number of unbranched alkanes of at least 4 members (excludes halogenated alkanes) is 30. The van der Waals surface area contributed by atoms with Crippen molar-refractivity contribution in [2.75, 3.05) is 26.2 Å². The fourth-order valence-electron chi connectivity index (χ4n) is 6.43. The van der Waals surface area contributed by atoms with Gasteiger partial charge in [0.05, 0.1) is 6.10 Å². The lowest BCUT2D eigenvalue weighted by molar-refractivity contribution is 0.116. The van der Waals surface area contributed by atoms with E-state index in [0.717, 1.165) is 19.6 Å². The second kappa shape index (κ2) is 37.1. The van der Waals surface area contributed by atoms with Gasteiger partial charge in [-0.3, -0.25) is 0 Å². The van der Waals surface area contributed by atoms with Crippen molar-refractivity contribution in [2.45, 2.75) is 225 Å². The van der Waals surface area contributed by atoms with Crippen LogP contribution in [0.3, 0.4) is 0 Å². The summed E-state index contributed by atoms with van der Waals surface area (Å²) in [4.78, 5) is 2.49. The molecule has 0 spiro atoms. The lowest BCUT2D eigenvalue weighted by Gasteiger charge is -2.24. The first-order chi connectivity index (χ1) is 20.7. The summed E-state index contributed by atoms with van der Waals surface area (Å²) in [5.41, 5.74) is 5.72. The van der Waals surface area contributed by atoms with Crippen molar-refractivity contribution in [2.24, 2.45) is 5.73 Å². The van der Waals surface area contributed by atoms with Gasteiger partial charge in [-0.05, 0) is 25.9 Å². The summed E-state index contributed by atoms with van der Waals surface area (Å²) < 4.78 is 0. The second-order valence-electron chi connectivity index (χ2n) is 13.8. The van der Waals surface area contributed by atoms with Crippen LogP contribution in [0.25, 0.3) is 0 Å². The van der Waals surface area contributed by atoms with Gasteiger partial charge in [-0.1, -0.05) is 206 Å². The molecule has 0 aliphatic rings. The zero-order valence-corrected chi connectivity index (χ0v) is 29.5. The minimum atomic E-state index is -0.368. The number of rotatable bonds is 37. The zero-order chi connectivity index (χ0) is 30.6. The van der Waals surface area contributed by atoms with Gasteiger partial charge >= 0.3 is 0 Å². The summed E-state index contributed by atoms with van der Waals surface area (Å²) >= 11 is 0. The standard InChI is InChI=1S/C39H82N2O/c1-3-5-7-9-11-13-15-17-19-21-23-25-27-29-31-33-35-41(38-39(42)37-40)36-34-32-30-28-26-24-22-20-18-16-14-12-10-8-6-4-2/h39,42H,3-38,40H2,1-2H3. The van der Waals surface area contributed by atoms with Crippen molar-refractivity contribution in [1.82, 2.24) is 4.90 Å². The molecule has 0 saturated heterocycles. The van der Waals surface area contributed by atoms with E-state index in [1.807, 2.05) is 0 Å². The van der Waals surface area contributed by atoms with Crippen LogP contribution in [0.15, 0.2) is 0 Å². The number of hydrogen-bond donors (Lipinski definition) is 2. The highest BCUT2D eigenvalue weighted by molar-refractivity contribution is 4.66. The highest BCUT2D eigenvalue weighted by Crippen LogP contribution is 2.16. The predicted molar refractivity (Wildman–Crippen MR) is 191 cm³/mol. The van der Waals surface area contributed by atoms with Crippen molar-refractivity contribution in [3.05, 3.63) is 0 Å². The number of hydrogen-bond acceptors (Lipinski definition) is 3. The normalized spacial score (nSPS) is 12.5. The fourth-order valence-corrected chi connectivity index (χ4v) is 6.43. The van der Waals surface area contributed by atoms with Crippen LogP contribution < -0.4 is 5.73 Å². The van der Waals surface area contributed by atoms with Gasteiger partial charge in [-0.15, -0.1) is 0 Å². The van der Waals surface area contributed by atoms with Crippen LogP contribution in [0.2, 0.25) is 0 Å². The Morgan fingerprint density at radius 2 is 0.595 bits per heavy atom. The van der Waals surface area contributed by atoms with E-state index in [0.29, 0.717) is 6.54 Å². The maximum atomic E-state index is 10.1. The minimum absolute atomic E-state index is 0.368. The Bertz CT molecular complexity index is 435. The Hall–Kier alpha value is -0.120. The first kappa shape index (κ1) is 41.9. The Morgan fingerprint density at radius 3 is 0.810 bits per heavy atom. The van der Waals surface area contributed by atoms with Crippen molar-refractivity contribution < 1.29 is 5.11 Å². The van der Waals surface area contributed by atoms with E-state index in [2.05, 4.69) is 18.7 Å². The third-order valence-corrected chi connectivity index (χ3v) is 9.40. The minimum Gasteiger partial charge on any atom is -0.390 e. The van der Waals surface area contributed by atoms with E-state index < -0.39 is 0 Å². The highest BCUT2D eigenvalue weighted by atomic mass is 16.3. The van der Waals surface area contributed by atoms with Crippen LogP contribution in [0.1, 0.15) is 219 Å². The molecule has 0 aliphatic heterocycles. The first-order valence-corrected chi connectivity index (χ1v) is 19.8. The molecule has 0 heterocycles. The monoisotopic (exact) mass is 595 g/mol. The van der Waals surface area contributed by atoms with Gasteiger partial charge in [0.2, 0.25) is 0 Å². The van der Waals surface area contributed by atoms with Crippen molar-refractivity contribution >= 4 is 0 Å². The summed E-state index contributed by atoms with van der Waals surface area (Å²) in [5, 5.41) is 10.1. The molecular formula is C39H82N2O. The van der Waals surface area contributed by atoms with Crippen LogP contribution in [0.5, 0.6) is 0 Å². The molecule has 42 heavy (non-hydrogen) atoms. The number of nitrogens with two attached hydrogens (primary N) is 1. The topological polar surface area (TPSA) is 49.5 Å². The van der Waals surface area contributed by atoms with E-state index >= 15 is 0 Å². The van der Waals surface area contributed by atoms with Crippen molar-refractivity contribution in [1.29, 1.82) is 0 Å². The Morgan fingerprint density at radius 1 is 0.381 bits per heavy atom. The SMILES string of the molecule is CCCCCCCCCCCCCCCCCCN(CCCCCCCCCCCCCCCCCC)CC(O)CN. The largest absolute Gasteiger partial charge is 0.390 e. The molecule has 0 aliphatic carbocycles. The average molecular weight is 595 g/mol. The summed E-state index contributed by atoms with van der Waals surface area (Å²) in [6.07, 6.45) is 45.0. The molecule has 3 nitrogen and oxygen atoms in total. The number of aliphatic hydroxyl groups excluding tert-OH is 1.